The number of carbonyl (C=O) groups is 1. The minimum atomic E-state index is -0.392. The number of aromatic nitrogens is 2. The molecule has 3 rings (SSSR count). The van der Waals surface area contributed by atoms with E-state index in [1.54, 1.807) is 36.0 Å². The Morgan fingerprint density at radius 1 is 1.18 bits per heavy atom. The molecule has 0 aliphatic carbocycles. The zero-order valence-electron chi connectivity index (χ0n) is 16.6. The lowest BCUT2D eigenvalue weighted by molar-refractivity contribution is 0.0526. The van der Waals surface area contributed by atoms with Crippen LogP contribution in [0.5, 0.6) is 0 Å². The van der Waals surface area contributed by atoms with Crippen molar-refractivity contribution in [2.45, 2.75) is 33.1 Å². The van der Waals surface area contributed by atoms with Gasteiger partial charge in [0.25, 0.3) is 0 Å². The molecule has 0 N–H and O–H groups in total. The van der Waals surface area contributed by atoms with Crippen LogP contribution in [0.1, 0.15) is 49.2 Å². The molecular weight excluding hydrogens is 350 g/mol. The van der Waals surface area contributed by atoms with E-state index in [9.17, 15) is 10.1 Å². The van der Waals surface area contributed by atoms with Gasteiger partial charge in [-0.05, 0) is 35.6 Å². The molecule has 0 saturated heterocycles. The van der Waals surface area contributed by atoms with E-state index in [4.69, 9.17) is 4.74 Å². The first-order valence-electron chi connectivity index (χ1n) is 9.20. The number of hydrogen-bond donors (Lipinski definition) is 0. The van der Waals surface area contributed by atoms with E-state index in [0.29, 0.717) is 23.6 Å². The van der Waals surface area contributed by atoms with Crippen molar-refractivity contribution in [3.05, 3.63) is 71.7 Å². The normalized spacial score (nSPS) is 11.1. The summed E-state index contributed by atoms with van der Waals surface area (Å²) in [6, 6.07) is 13.8. The minimum Gasteiger partial charge on any atom is -0.462 e. The summed E-state index contributed by atoms with van der Waals surface area (Å²) in [5.41, 5.74) is 4.07. The Kier molecular flexibility index (Phi) is 5.32. The zero-order chi connectivity index (χ0) is 20.3. The van der Waals surface area contributed by atoms with Crippen molar-refractivity contribution in [3.63, 3.8) is 0 Å². The van der Waals surface area contributed by atoms with Crippen LogP contribution in [-0.4, -0.2) is 22.1 Å². The van der Waals surface area contributed by atoms with Crippen molar-refractivity contribution in [2.24, 2.45) is 0 Å². The maximum absolute atomic E-state index is 12.0. The average Bonchev–Trinajstić information content (AvgIpc) is 3.12. The highest BCUT2D eigenvalue weighted by Crippen LogP contribution is 2.29. The Morgan fingerprint density at radius 2 is 1.89 bits per heavy atom. The summed E-state index contributed by atoms with van der Waals surface area (Å²) in [4.78, 5) is 16.3. The smallest absolute Gasteiger partial charge is 0.338 e. The Bertz CT molecular complexity index is 1030. The average molecular weight is 373 g/mol. The van der Waals surface area contributed by atoms with Gasteiger partial charge in [0, 0.05) is 24.2 Å². The highest BCUT2D eigenvalue weighted by atomic mass is 16.5. The van der Waals surface area contributed by atoms with Crippen molar-refractivity contribution in [3.8, 4) is 23.0 Å². The second kappa shape index (κ2) is 7.69. The number of rotatable bonds is 4. The summed E-state index contributed by atoms with van der Waals surface area (Å²) >= 11 is 0. The van der Waals surface area contributed by atoms with Gasteiger partial charge in [0.05, 0.1) is 17.7 Å². The number of hydrogen-bond acceptors (Lipinski definition) is 4. The molecule has 0 bridgehead atoms. The summed E-state index contributed by atoms with van der Waals surface area (Å²) in [5.74, 6) is 0.163. The van der Waals surface area contributed by atoms with Crippen molar-refractivity contribution in [1.29, 1.82) is 5.26 Å². The molecule has 0 aliphatic heterocycles. The quantitative estimate of drug-likeness (QED) is 0.611. The predicted octanol–water partition coefficient (Wildman–Crippen LogP) is 4.89. The van der Waals surface area contributed by atoms with E-state index in [-0.39, 0.29) is 5.41 Å². The molecule has 0 atom stereocenters. The molecule has 1 aromatic carbocycles. The third-order valence-corrected chi connectivity index (χ3v) is 4.53. The maximum Gasteiger partial charge on any atom is 0.338 e. The van der Waals surface area contributed by atoms with Gasteiger partial charge in [-0.3, -0.25) is 0 Å². The first-order valence-corrected chi connectivity index (χ1v) is 9.20. The molecular formula is C23H23N3O2. The third kappa shape index (κ3) is 3.96. The molecule has 0 radical (unpaired) electrons. The molecule has 5 heteroatoms. The van der Waals surface area contributed by atoms with E-state index in [0.717, 1.165) is 11.1 Å². The fraction of sp³-hybridized carbons (Fsp3) is 0.261. The maximum atomic E-state index is 12.0. The largest absolute Gasteiger partial charge is 0.462 e. The Morgan fingerprint density at radius 3 is 2.50 bits per heavy atom. The Balaban J connectivity index is 1.99. The van der Waals surface area contributed by atoms with Crippen LogP contribution in [-0.2, 0) is 10.2 Å². The number of ether oxygens (including phenoxy) is 1. The van der Waals surface area contributed by atoms with Gasteiger partial charge in [0.2, 0.25) is 0 Å². The second-order valence-corrected chi connectivity index (χ2v) is 7.56. The van der Waals surface area contributed by atoms with Crippen LogP contribution >= 0.6 is 0 Å². The molecule has 0 amide bonds. The van der Waals surface area contributed by atoms with Gasteiger partial charge >= 0.3 is 5.97 Å². The van der Waals surface area contributed by atoms with Crippen molar-refractivity contribution in [1.82, 2.24) is 9.55 Å². The highest BCUT2D eigenvalue weighted by Gasteiger charge is 2.16. The summed E-state index contributed by atoms with van der Waals surface area (Å²) in [6.07, 6.45) is 5.15. The van der Waals surface area contributed by atoms with E-state index in [1.165, 1.54) is 5.56 Å². The van der Waals surface area contributed by atoms with Gasteiger partial charge in [0.15, 0.2) is 0 Å². The molecule has 0 saturated carbocycles. The number of esters is 1. The number of nitrogens with zero attached hydrogens (tertiary/aromatic N) is 3. The lowest BCUT2D eigenvalue weighted by atomic mass is 9.86. The fourth-order valence-electron chi connectivity index (χ4n) is 2.96. The number of pyridine rings is 1. The van der Waals surface area contributed by atoms with Gasteiger partial charge in [-0.2, -0.15) is 5.26 Å². The summed E-state index contributed by atoms with van der Waals surface area (Å²) in [7, 11) is 0. The SMILES string of the molecule is CCOC(=O)c1ccnc(-n2cc(C#N)c(-c3ccc(C(C)(C)C)cc3)c2)c1. The minimum absolute atomic E-state index is 0.0694. The third-order valence-electron chi connectivity index (χ3n) is 4.53. The van der Waals surface area contributed by atoms with Crippen LogP contribution in [0.2, 0.25) is 0 Å². The molecule has 0 fully saturated rings. The molecule has 28 heavy (non-hydrogen) atoms. The van der Waals surface area contributed by atoms with Crippen LogP contribution in [0, 0.1) is 11.3 Å². The molecule has 0 spiro atoms. The van der Waals surface area contributed by atoms with Crippen LogP contribution in [0.4, 0.5) is 0 Å². The molecule has 142 valence electrons. The number of benzene rings is 1. The van der Waals surface area contributed by atoms with Gasteiger partial charge in [-0.15, -0.1) is 0 Å². The number of nitriles is 1. The van der Waals surface area contributed by atoms with E-state index in [1.807, 2.05) is 18.3 Å². The lowest BCUT2D eigenvalue weighted by Crippen LogP contribution is -2.10. The van der Waals surface area contributed by atoms with Gasteiger partial charge < -0.3 is 9.30 Å². The predicted molar refractivity (Wildman–Crippen MR) is 108 cm³/mol. The topological polar surface area (TPSA) is 67.9 Å². The van der Waals surface area contributed by atoms with Gasteiger partial charge in [-0.1, -0.05) is 45.0 Å². The van der Waals surface area contributed by atoms with E-state index < -0.39 is 5.97 Å². The first kappa shape index (κ1) is 19.4. The van der Waals surface area contributed by atoms with Crippen LogP contribution in [0.25, 0.3) is 16.9 Å². The van der Waals surface area contributed by atoms with Gasteiger partial charge in [0.1, 0.15) is 11.9 Å². The van der Waals surface area contributed by atoms with Crippen molar-refractivity contribution < 1.29 is 9.53 Å². The fourth-order valence-corrected chi connectivity index (χ4v) is 2.96. The number of carbonyl (C=O) groups excluding carboxylic acids is 1. The van der Waals surface area contributed by atoms with E-state index in [2.05, 4.69) is 44.0 Å². The molecule has 0 aliphatic rings. The summed E-state index contributed by atoms with van der Waals surface area (Å²) in [5, 5.41) is 9.58. The van der Waals surface area contributed by atoms with Crippen molar-refractivity contribution >= 4 is 5.97 Å². The van der Waals surface area contributed by atoms with Gasteiger partial charge in [-0.25, -0.2) is 9.78 Å². The molecule has 0 unspecified atom stereocenters. The highest BCUT2D eigenvalue weighted by molar-refractivity contribution is 5.89. The lowest BCUT2D eigenvalue weighted by Gasteiger charge is -2.19. The van der Waals surface area contributed by atoms with E-state index >= 15 is 0 Å². The second-order valence-electron chi connectivity index (χ2n) is 7.56. The first-order chi connectivity index (χ1) is 13.3. The molecule has 2 aromatic heterocycles. The summed E-state index contributed by atoms with van der Waals surface area (Å²) < 4.78 is 6.81. The summed E-state index contributed by atoms with van der Waals surface area (Å²) in [6.45, 7) is 8.58. The standard InChI is InChI=1S/C23H23N3O2/c1-5-28-22(27)17-10-11-25-21(12-17)26-14-18(13-24)20(15-26)16-6-8-19(9-7-16)23(2,3)4/h6-12,14-15H,5H2,1-4H3. The van der Waals surface area contributed by atoms with Crippen molar-refractivity contribution in [2.75, 3.05) is 6.61 Å². The molecule has 3 aromatic rings. The Hall–Kier alpha value is -3.39. The zero-order valence-corrected chi connectivity index (χ0v) is 16.6. The van der Waals surface area contributed by atoms with Crippen LogP contribution in [0.3, 0.4) is 0 Å². The monoisotopic (exact) mass is 373 g/mol. The molecule has 2 heterocycles. The molecule has 5 nitrogen and oxygen atoms in total. The van der Waals surface area contributed by atoms with Crippen LogP contribution in [0.15, 0.2) is 55.0 Å². The Labute approximate surface area is 165 Å². The van der Waals surface area contributed by atoms with Crippen LogP contribution < -0.4 is 0 Å².